The molecule has 19 heavy (non-hydrogen) atoms. The molecule has 0 radical (unpaired) electrons. The molecule has 0 heterocycles. The van der Waals surface area contributed by atoms with Gasteiger partial charge in [0.25, 0.3) is 0 Å². The Morgan fingerprint density at radius 2 is 0.316 bits per heavy atom. The van der Waals surface area contributed by atoms with Gasteiger partial charge in [-0.05, 0) is 0 Å². The average Bonchev–Trinajstić information content (AvgIpc) is 1.54. The van der Waals surface area contributed by atoms with E-state index in [0.717, 1.165) is 0 Å². The summed E-state index contributed by atoms with van der Waals surface area (Å²) in [7, 11) is -8.56. The van der Waals surface area contributed by atoms with Crippen LogP contribution in [0, 0.1) is 32.4 Å². The molecular weight excluding hydrogens is 373 g/mol. The van der Waals surface area contributed by atoms with Crippen molar-refractivity contribution in [1.29, 1.82) is 0 Å². The third-order valence-electron chi connectivity index (χ3n) is 0. The van der Waals surface area contributed by atoms with E-state index >= 15 is 0 Å². The molecule has 0 saturated heterocycles. The van der Waals surface area contributed by atoms with Gasteiger partial charge in [-0.15, -0.1) is 0 Å². The predicted molar refractivity (Wildman–Crippen MR) is 27.4 cm³/mol. The summed E-state index contributed by atoms with van der Waals surface area (Å²) in [6.45, 7) is 0. The van der Waals surface area contributed by atoms with Crippen molar-refractivity contribution in [3.05, 3.63) is 0 Å². The fourth-order valence-corrected chi connectivity index (χ4v) is 0. The first-order valence-electron chi connectivity index (χ1n) is 1.39. The Bertz CT molecular complexity index is 45.9. The van der Waals surface area contributed by atoms with Crippen LogP contribution in [0.1, 0.15) is 0 Å². The van der Waals surface area contributed by atoms with Crippen LogP contribution in [-0.2, 0) is 0 Å². The van der Waals surface area contributed by atoms with Crippen LogP contribution in [0.3, 0.4) is 0 Å². The van der Waals surface area contributed by atoms with Crippen molar-refractivity contribution in [2.45, 2.75) is 0 Å². The molecular formula is H12AlCl3O15. The Morgan fingerprint density at radius 1 is 0.316 bits per heavy atom. The number of halogens is 3. The Kier molecular flexibility index (Phi) is 238. The van der Waals surface area contributed by atoms with Crippen molar-refractivity contribution in [2.75, 3.05) is 0 Å². The Labute approximate surface area is 125 Å². The second kappa shape index (κ2) is 62.0. The van der Waals surface area contributed by atoms with Gasteiger partial charge in [-0.3, -0.25) is 0 Å². The molecule has 0 amide bonds. The zero-order valence-corrected chi connectivity index (χ0v) is 11.8. The fourth-order valence-electron chi connectivity index (χ4n) is 0. The molecule has 19 heteroatoms. The van der Waals surface area contributed by atoms with E-state index in [1.165, 1.54) is 0 Å². The van der Waals surface area contributed by atoms with Gasteiger partial charge >= 0.3 is 17.4 Å². The minimum atomic E-state index is -2.85. The number of hydrogen-bond donors (Lipinski definition) is 0. The monoisotopic (exact) mass is 384 g/mol. The SMILES string of the molecule is O.O.O.O.O.O.[Al+3].[O-][Cl+2]([O-])[O-].[O-][Cl+2]([O-])[O-].[O-][Cl+2]([O-])[O-]. The minimum Gasteiger partial charge on any atom is -0.412 e. The fraction of sp³-hybridized carbons (Fsp3) is 0. The molecule has 0 aliphatic rings. The molecule has 12 N–H and O–H groups in total. The molecule has 126 valence electrons. The first-order valence-corrected chi connectivity index (χ1v) is 4.17. The van der Waals surface area contributed by atoms with Gasteiger partial charge in [0.15, 0.2) is 0 Å². The summed E-state index contributed by atoms with van der Waals surface area (Å²) in [5.74, 6) is 0. The zero-order valence-electron chi connectivity index (χ0n) is 8.39. The van der Waals surface area contributed by atoms with E-state index in [1.54, 1.807) is 0 Å². The van der Waals surface area contributed by atoms with E-state index in [9.17, 15) is 0 Å². The van der Waals surface area contributed by atoms with Gasteiger partial charge in [-0.25, -0.2) is 0 Å². The van der Waals surface area contributed by atoms with Gasteiger partial charge < -0.3 is 74.8 Å². The van der Waals surface area contributed by atoms with Gasteiger partial charge in [0.05, 0.1) is 32.4 Å². The van der Waals surface area contributed by atoms with Crippen LogP contribution in [0.25, 0.3) is 0 Å². The van der Waals surface area contributed by atoms with Gasteiger partial charge in [-0.2, -0.15) is 0 Å². The second-order valence-electron chi connectivity index (χ2n) is 0.567. The summed E-state index contributed by atoms with van der Waals surface area (Å²) in [5.41, 5.74) is 0. The van der Waals surface area contributed by atoms with Crippen molar-refractivity contribution < 1.29 is 107 Å². The maximum atomic E-state index is 8.41. The molecule has 0 saturated carbocycles. The number of hydrogen-bond acceptors (Lipinski definition) is 9. The van der Waals surface area contributed by atoms with Crippen molar-refractivity contribution >= 4 is 17.4 Å². The third-order valence-corrected chi connectivity index (χ3v) is 0. The van der Waals surface area contributed by atoms with Crippen molar-refractivity contribution in [2.24, 2.45) is 0 Å². The molecule has 0 aromatic carbocycles. The van der Waals surface area contributed by atoms with E-state index in [-0.39, 0.29) is 50.2 Å². The van der Waals surface area contributed by atoms with Crippen LogP contribution in [0.15, 0.2) is 0 Å². The van der Waals surface area contributed by atoms with Crippen molar-refractivity contribution in [1.82, 2.24) is 0 Å². The first kappa shape index (κ1) is 72.9. The first-order chi connectivity index (χ1) is 5.20. The zero-order chi connectivity index (χ0) is 10.7. The molecule has 0 aromatic heterocycles. The van der Waals surface area contributed by atoms with E-state index < -0.39 is 32.4 Å². The minimum absolute atomic E-state index is 0. The maximum Gasteiger partial charge on any atom is 3.00 e. The van der Waals surface area contributed by atoms with E-state index in [2.05, 4.69) is 0 Å². The quantitative estimate of drug-likeness (QED) is 0.356. The van der Waals surface area contributed by atoms with Crippen LogP contribution in [0.4, 0.5) is 0 Å². The summed E-state index contributed by atoms with van der Waals surface area (Å²) in [6, 6.07) is 0. The molecule has 0 atom stereocenters. The summed E-state index contributed by atoms with van der Waals surface area (Å²) >= 11 is 0. The predicted octanol–water partition coefficient (Wildman–Crippen LogP) is -16.0. The normalized spacial score (nSPS) is 5.68. The Balaban J connectivity index is -0.00000000675. The molecule has 0 aliphatic carbocycles. The molecule has 0 aromatic rings. The smallest absolute Gasteiger partial charge is 0.412 e. The van der Waals surface area contributed by atoms with Crippen LogP contribution < -0.4 is 41.9 Å². The van der Waals surface area contributed by atoms with Crippen LogP contribution >= 0.6 is 0 Å². The topological polar surface area (TPSA) is 397 Å². The molecule has 0 bridgehead atoms. The summed E-state index contributed by atoms with van der Waals surface area (Å²) in [5, 5.41) is 0. The average molecular weight is 385 g/mol. The molecule has 0 aliphatic heterocycles. The van der Waals surface area contributed by atoms with E-state index in [1.807, 2.05) is 0 Å². The largest absolute Gasteiger partial charge is 3.00 e. The van der Waals surface area contributed by atoms with Gasteiger partial charge in [0, 0.05) is 0 Å². The third kappa shape index (κ3) is 8240. The Morgan fingerprint density at radius 3 is 0.316 bits per heavy atom. The maximum absolute atomic E-state index is 8.41. The van der Waals surface area contributed by atoms with Crippen LogP contribution in [0.2, 0.25) is 0 Å². The standard InChI is InChI=1S/Al.3ClO3.6H2O/c;3*2-1(3)4;;;;;;/h;;;;6*1H2/q+3;3*-1;;;;;;. The molecule has 15 nitrogen and oxygen atoms in total. The van der Waals surface area contributed by atoms with Gasteiger partial charge in [0.2, 0.25) is 0 Å². The van der Waals surface area contributed by atoms with Gasteiger partial charge in [0.1, 0.15) is 0 Å². The van der Waals surface area contributed by atoms with E-state index in [4.69, 9.17) is 41.9 Å². The summed E-state index contributed by atoms with van der Waals surface area (Å²) in [6.07, 6.45) is 0. The summed E-state index contributed by atoms with van der Waals surface area (Å²) in [4.78, 5) is 0. The van der Waals surface area contributed by atoms with Gasteiger partial charge in [-0.1, -0.05) is 0 Å². The molecule has 0 spiro atoms. The van der Waals surface area contributed by atoms with Crippen molar-refractivity contribution in [3.8, 4) is 0 Å². The van der Waals surface area contributed by atoms with Crippen molar-refractivity contribution in [3.63, 3.8) is 0 Å². The van der Waals surface area contributed by atoms with Crippen LogP contribution in [0.5, 0.6) is 0 Å². The second-order valence-corrected chi connectivity index (χ2v) is 1.70. The Hall–Kier alpha value is 0.802. The molecule has 0 fully saturated rings. The molecule has 0 rings (SSSR count). The summed E-state index contributed by atoms with van der Waals surface area (Å²) < 4.78 is 75.7. The van der Waals surface area contributed by atoms with E-state index in [0.29, 0.717) is 0 Å². The number of rotatable bonds is 0. The van der Waals surface area contributed by atoms with Crippen LogP contribution in [-0.4, -0.2) is 50.2 Å². The molecule has 0 unspecified atom stereocenters.